The lowest BCUT2D eigenvalue weighted by atomic mass is 10.2. The standard InChI is InChI=1S/C11H12N2S/c1-4-12-5-2-10(1)7-13-8-11-3-6-14-9-11/h1-6,9,13H,7-8H2. The van der Waals surface area contributed by atoms with Crippen LogP contribution in [0, 0.1) is 0 Å². The summed E-state index contributed by atoms with van der Waals surface area (Å²) < 4.78 is 0. The molecule has 0 saturated heterocycles. The number of hydrogen-bond acceptors (Lipinski definition) is 3. The van der Waals surface area contributed by atoms with Gasteiger partial charge in [-0.1, -0.05) is 0 Å². The van der Waals surface area contributed by atoms with Crippen LogP contribution in [0.1, 0.15) is 11.1 Å². The van der Waals surface area contributed by atoms with Crippen molar-refractivity contribution in [2.75, 3.05) is 0 Å². The van der Waals surface area contributed by atoms with Crippen molar-refractivity contribution in [1.29, 1.82) is 0 Å². The van der Waals surface area contributed by atoms with E-state index in [9.17, 15) is 0 Å². The van der Waals surface area contributed by atoms with Gasteiger partial charge in [-0.15, -0.1) is 0 Å². The van der Waals surface area contributed by atoms with Crippen molar-refractivity contribution >= 4 is 11.3 Å². The van der Waals surface area contributed by atoms with Gasteiger partial charge in [-0.05, 0) is 40.1 Å². The third-order valence-corrected chi connectivity index (χ3v) is 2.72. The topological polar surface area (TPSA) is 24.9 Å². The molecule has 0 aliphatic heterocycles. The van der Waals surface area contributed by atoms with Crippen LogP contribution in [0.2, 0.25) is 0 Å². The fraction of sp³-hybridized carbons (Fsp3) is 0.182. The molecule has 2 aromatic heterocycles. The molecular weight excluding hydrogens is 192 g/mol. The van der Waals surface area contributed by atoms with E-state index in [1.807, 2.05) is 24.5 Å². The van der Waals surface area contributed by atoms with Gasteiger partial charge in [0.2, 0.25) is 0 Å². The van der Waals surface area contributed by atoms with Crippen LogP contribution in [0.5, 0.6) is 0 Å². The Morgan fingerprint density at radius 3 is 2.57 bits per heavy atom. The molecule has 0 aliphatic carbocycles. The zero-order chi connectivity index (χ0) is 9.64. The molecule has 14 heavy (non-hydrogen) atoms. The maximum Gasteiger partial charge on any atom is 0.0271 e. The predicted molar refractivity (Wildman–Crippen MR) is 59.1 cm³/mol. The summed E-state index contributed by atoms with van der Waals surface area (Å²) in [5.41, 5.74) is 2.62. The van der Waals surface area contributed by atoms with Crippen LogP contribution in [-0.2, 0) is 13.1 Å². The average Bonchev–Trinajstić information content (AvgIpc) is 2.72. The van der Waals surface area contributed by atoms with Gasteiger partial charge >= 0.3 is 0 Å². The Bertz CT molecular complexity index is 356. The molecule has 0 radical (unpaired) electrons. The molecule has 0 spiro atoms. The third kappa shape index (κ3) is 2.65. The van der Waals surface area contributed by atoms with E-state index >= 15 is 0 Å². The van der Waals surface area contributed by atoms with E-state index in [-0.39, 0.29) is 0 Å². The minimum absolute atomic E-state index is 0.901. The molecular formula is C11H12N2S. The zero-order valence-electron chi connectivity index (χ0n) is 7.81. The SMILES string of the molecule is c1cc(CNCc2ccsc2)ccn1. The van der Waals surface area contributed by atoms with Crippen LogP contribution in [-0.4, -0.2) is 4.98 Å². The quantitative estimate of drug-likeness (QED) is 0.827. The highest BCUT2D eigenvalue weighted by Crippen LogP contribution is 2.05. The van der Waals surface area contributed by atoms with Crippen LogP contribution < -0.4 is 5.32 Å². The molecule has 2 nitrogen and oxygen atoms in total. The van der Waals surface area contributed by atoms with E-state index < -0.39 is 0 Å². The highest BCUT2D eigenvalue weighted by atomic mass is 32.1. The van der Waals surface area contributed by atoms with Crippen LogP contribution in [0.15, 0.2) is 41.4 Å². The van der Waals surface area contributed by atoms with E-state index in [0.717, 1.165) is 13.1 Å². The summed E-state index contributed by atoms with van der Waals surface area (Å²) in [5.74, 6) is 0. The summed E-state index contributed by atoms with van der Waals surface area (Å²) >= 11 is 1.74. The van der Waals surface area contributed by atoms with Crippen molar-refractivity contribution in [2.45, 2.75) is 13.1 Å². The number of rotatable bonds is 4. The van der Waals surface area contributed by atoms with E-state index in [1.165, 1.54) is 11.1 Å². The van der Waals surface area contributed by atoms with Crippen molar-refractivity contribution in [3.8, 4) is 0 Å². The monoisotopic (exact) mass is 204 g/mol. The van der Waals surface area contributed by atoms with Gasteiger partial charge in [0, 0.05) is 25.5 Å². The lowest BCUT2D eigenvalue weighted by molar-refractivity contribution is 0.694. The molecule has 0 saturated carbocycles. The highest BCUT2D eigenvalue weighted by Gasteiger charge is 1.93. The largest absolute Gasteiger partial charge is 0.309 e. The number of nitrogens with zero attached hydrogens (tertiary/aromatic N) is 1. The molecule has 2 aromatic rings. The number of aromatic nitrogens is 1. The van der Waals surface area contributed by atoms with Crippen molar-refractivity contribution in [2.24, 2.45) is 0 Å². The number of nitrogens with one attached hydrogen (secondary N) is 1. The molecule has 0 fully saturated rings. The first kappa shape index (κ1) is 9.37. The number of thiophene rings is 1. The summed E-state index contributed by atoms with van der Waals surface area (Å²) in [6.45, 7) is 1.84. The Hall–Kier alpha value is -1.19. The van der Waals surface area contributed by atoms with Gasteiger partial charge in [-0.2, -0.15) is 11.3 Å². The van der Waals surface area contributed by atoms with Crippen molar-refractivity contribution in [3.63, 3.8) is 0 Å². The molecule has 0 unspecified atom stereocenters. The predicted octanol–water partition coefficient (Wildman–Crippen LogP) is 2.43. The van der Waals surface area contributed by atoms with E-state index in [2.05, 4.69) is 27.1 Å². The van der Waals surface area contributed by atoms with Gasteiger partial charge in [0.1, 0.15) is 0 Å². The molecule has 0 atom stereocenters. The average molecular weight is 204 g/mol. The van der Waals surface area contributed by atoms with Gasteiger partial charge in [-0.25, -0.2) is 0 Å². The van der Waals surface area contributed by atoms with Crippen molar-refractivity contribution in [3.05, 3.63) is 52.5 Å². The number of hydrogen-bond donors (Lipinski definition) is 1. The molecule has 3 heteroatoms. The lowest BCUT2D eigenvalue weighted by Crippen LogP contribution is -2.11. The lowest BCUT2D eigenvalue weighted by Gasteiger charge is -2.02. The smallest absolute Gasteiger partial charge is 0.0271 e. The van der Waals surface area contributed by atoms with Crippen LogP contribution >= 0.6 is 11.3 Å². The molecule has 72 valence electrons. The van der Waals surface area contributed by atoms with E-state index in [0.29, 0.717) is 0 Å². The van der Waals surface area contributed by atoms with Crippen LogP contribution in [0.4, 0.5) is 0 Å². The Morgan fingerprint density at radius 1 is 1.07 bits per heavy atom. The Balaban J connectivity index is 1.79. The zero-order valence-corrected chi connectivity index (χ0v) is 8.63. The molecule has 1 N–H and O–H groups in total. The summed E-state index contributed by atoms with van der Waals surface area (Å²) in [6, 6.07) is 6.20. The van der Waals surface area contributed by atoms with Gasteiger partial charge in [-0.3, -0.25) is 4.98 Å². The summed E-state index contributed by atoms with van der Waals surface area (Å²) in [6.07, 6.45) is 3.64. The van der Waals surface area contributed by atoms with Crippen molar-refractivity contribution in [1.82, 2.24) is 10.3 Å². The molecule has 0 aromatic carbocycles. The number of pyridine rings is 1. The molecule has 0 aliphatic rings. The molecule has 0 amide bonds. The Labute approximate surface area is 87.6 Å². The first-order valence-corrected chi connectivity index (χ1v) is 5.50. The van der Waals surface area contributed by atoms with E-state index in [1.54, 1.807) is 11.3 Å². The van der Waals surface area contributed by atoms with Gasteiger partial charge in [0.15, 0.2) is 0 Å². The maximum absolute atomic E-state index is 3.98. The fourth-order valence-electron chi connectivity index (χ4n) is 1.25. The minimum Gasteiger partial charge on any atom is -0.309 e. The first-order valence-electron chi connectivity index (χ1n) is 4.56. The second-order valence-electron chi connectivity index (χ2n) is 3.09. The van der Waals surface area contributed by atoms with E-state index in [4.69, 9.17) is 0 Å². The second-order valence-corrected chi connectivity index (χ2v) is 3.87. The summed E-state index contributed by atoms with van der Waals surface area (Å²) in [4.78, 5) is 3.98. The third-order valence-electron chi connectivity index (χ3n) is 1.99. The fourth-order valence-corrected chi connectivity index (χ4v) is 1.91. The normalized spacial score (nSPS) is 10.3. The molecule has 2 heterocycles. The Kier molecular flexibility index (Phi) is 3.27. The summed E-state index contributed by atoms with van der Waals surface area (Å²) in [7, 11) is 0. The van der Waals surface area contributed by atoms with Gasteiger partial charge in [0.25, 0.3) is 0 Å². The van der Waals surface area contributed by atoms with Crippen molar-refractivity contribution < 1.29 is 0 Å². The minimum atomic E-state index is 0.901. The van der Waals surface area contributed by atoms with Crippen LogP contribution in [0.25, 0.3) is 0 Å². The maximum atomic E-state index is 3.98. The summed E-state index contributed by atoms with van der Waals surface area (Å²) in [5, 5.41) is 7.65. The highest BCUT2D eigenvalue weighted by molar-refractivity contribution is 7.07. The molecule has 0 bridgehead atoms. The first-order chi connectivity index (χ1) is 6.95. The van der Waals surface area contributed by atoms with Crippen LogP contribution in [0.3, 0.4) is 0 Å². The molecule has 2 rings (SSSR count). The second kappa shape index (κ2) is 4.88. The van der Waals surface area contributed by atoms with Gasteiger partial charge < -0.3 is 5.32 Å². The Morgan fingerprint density at radius 2 is 1.86 bits per heavy atom. The van der Waals surface area contributed by atoms with Gasteiger partial charge in [0.05, 0.1) is 0 Å².